The fourth-order valence-corrected chi connectivity index (χ4v) is 5.51. The van der Waals surface area contributed by atoms with Gasteiger partial charge in [-0.2, -0.15) is 0 Å². The van der Waals surface area contributed by atoms with Gasteiger partial charge in [-0.1, -0.05) is 47.4 Å². The molecule has 31 heavy (non-hydrogen) atoms. The van der Waals surface area contributed by atoms with Crippen LogP contribution in [0.4, 0.5) is 10.8 Å². The van der Waals surface area contributed by atoms with Crippen molar-refractivity contribution in [1.82, 2.24) is 15.1 Å². The largest absolute Gasteiger partial charge is 0.486 e. The standard InChI is InChI=1S/C22H22N4O3S2/c27-20(14-30-22-25-24-21(31-22)23-16-5-2-1-3-6-16)26-10-4-7-17(26)15-8-9-18-19(13-15)29-12-11-28-18/h1-3,5-6,8-9,13,17H,4,7,10-12,14H2,(H,23,24)/t17-/m0/s1. The molecule has 1 aromatic heterocycles. The number of rotatable bonds is 6. The molecule has 1 fully saturated rings. The third-order valence-electron chi connectivity index (χ3n) is 5.27. The summed E-state index contributed by atoms with van der Waals surface area (Å²) < 4.78 is 12.1. The van der Waals surface area contributed by atoms with Crippen LogP contribution in [0.3, 0.4) is 0 Å². The summed E-state index contributed by atoms with van der Waals surface area (Å²) in [5.41, 5.74) is 2.07. The minimum Gasteiger partial charge on any atom is -0.486 e. The molecule has 0 saturated carbocycles. The lowest BCUT2D eigenvalue weighted by atomic mass is 10.0. The first kappa shape index (κ1) is 20.1. The maximum Gasteiger partial charge on any atom is 0.233 e. The van der Waals surface area contributed by atoms with Gasteiger partial charge >= 0.3 is 0 Å². The van der Waals surface area contributed by atoms with Crippen molar-refractivity contribution in [3.8, 4) is 11.5 Å². The highest BCUT2D eigenvalue weighted by molar-refractivity contribution is 8.01. The van der Waals surface area contributed by atoms with Gasteiger partial charge in [0.25, 0.3) is 0 Å². The van der Waals surface area contributed by atoms with Crippen molar-refractivity contribution in [2.24, 2.45) is 0 Å². The summed E-state index contributed by atoms with van der Waals surface area (Å²) in [5, 5.41) is 12.3. The number of fused-ring (bicyclic) bond motifs is 1. The first-order valence-electron chi connectivity index (χ1n) is 10.2. The number of amides is 1. The van der Waals surface area contributed by atoms with E-state index in [4.69, 9.17) is 9.47 Å². The average molecular weight is 455 g/mol. The van der Waals surface area contributed by atoms with Crippen LogP contribution < -0.4 is 14.8 Å². The normalized spacial score (nSPS) is 17.5. The van der Waals surface area contributed by atoms with Gasteiger partial charge in [-0.3, -0.25) is 4.79 Å². The Morgan fingerprint density at radius 2 is 1.97 bits per heavy atom. The molecular formula is C22H22N4O3S2. The van der Waals surface area contributed by atoms with Crippen LogP contribution in [0.25, 0.3) is 0 Å². The molecule has 2 aliphatic heterocycles. The minimum atomic E-state index is 0.0775. The third kappa shape index (κ3) is 4.62. The number of thioether (sulfide) groups is 1. The van der Waals surface area contributed by atoms with Gasteiger partial charge < -0.3 is 19.7 Å². The van der Waals surface area contributed by atoms with Crippen molar-refractivity contribution < 1.29 is 14.3 Å². The predicted molar refractivity (Wildman–Crippen MR) is 121 cm³/mol. The highest BCUT2D eigenvalue weighted by Crippen LogP contribution is 2.38. The van der Waals surface area contributed by atoms with Gasteiger partial charge in [0.1, 0.15) is 13.2 Å². The number of para-hydroxylation sites is 1. The molecule has 0 radical (unpaired) electrons. The molecule has 3 aromatic rings. The summed E-state index contributed by atoms with van der Waals surface area (Å²) in [6.45, 7) is 1.91. The van der Waals surface area contributed by atoms with Crippen molar-refractivity contribution in [2.75, 3.05) is 30.8 Å². The molecule has 0 aliphatic carbocycles. The van der Waals surface area contributed by atoms with E-state index in [9.17, 15) is 4.79 Å². The van der Waals surface area contributed by atoms with Gasteiger partial charge in [-0.15, -0.1) is 10.2 Å². The minimum absolute atomic E-state index is 0.0775. The summed E-state index contributed by atoms with van der Waals surface area (Å²) >= 11 is 2.89. The van der Waals surface area contributed by atoms with Gasteiger partial charge in [-0.05, 0) is 42.7 Å². The second kappa shape index (κ2) is 9.15. The lowest BCUT2D eigenvalue weighted by Crippen LogP contribution is -2.32. The molecule has 160 valence electrons. The molecular weight excluding hydrogens is 432 g/mol. The number of aromatic nitrogens is 2. The van der Waals surface area contributed by atoms with Crippen LogP contribution in [0.5, 0.6) is 11.5 Å². The van der Waals surface area contributed by atoms with E-state index in [1.54, 1.807) is 0 Å². The van der Waals surface area contributed by atoms with Crippen LogP contribution in [-0.2, 0) is 4.79 Å². The molecule has 9 heteroatoms. The Morgan fingerprint density at radius 3 is 2.84 bits per heavy atom. The summed E-state index contributed by atoms with van der Waals surface area (Å²) in [7, 11) is 0. The molecule has 0 bridgehead atoms. The monoisotopic (exact) mass is 454 g/mol. The highest BCUT2D eigenvalue weighted by atomic mass is 32.2. The number of carbonyl (C=O) groups is 1. The van der Waals surface area contributed by atoms with Crippen molar-refractivity contribution in [3.63, 3.8) is 0 Å². The lowest BCUT2D eigenvalue weighted by molar-refractivity contribution is -0.129. The van der Waals surface area contributed by atoms with Crippen LogP contribution in [0.1, 0.15) is 24.4 Å². The van der Waals surface area contributed by atoms with E-state index in [0.717, 1.165) is 51.6 Å². The zero-order chi connectivity index (χ0) is 21.0. The number of carbonyl (C=O) groups excluding carboxylic acids is 1. The second-order valence-corrected chi connectivity index (χ2v) is 9.50. The molecule has 5 rings (SSSR count). The first-order chi connectivity index (χ1) is 15.3. The molecule has 1 amide bonds. The molecule has 3 heterocycles. The van der Waals surface area contributed by atoms with Crippen LogP contribution >= 0.6 is 23.1 Å². The Hall–Kier alpha value is -2.78. The summed E-state index contributed by atoms with van der Waals surface area (Å²) in [6, 6.07) is 15.9. The Kier molecular flexibility index (Phi) is 5.95. The maximum atomic E-state index is 13.0. The number of hydrogen-bond acceptors (Lipinski definition) is 8. The molecule has 0 unspecified atom stereocenters. The number of hydrogen-bond donors (Lipinski definition) is 1. The van der Waals surface area contributed by atoms with Gasteiger partial charge in [0.05, 0.1) is 11.8 Å². The van der Waals surface area contributed by atoms with E-state index < -0.39 is 0 Å². The van der Waals surface area contributed by atoms with Crippen LogP contribution in [0.2, 0.25) is 0 Å². The Labute approximate surface area is 188 Å². The first-order valence-corrected chi connectivity index (χ1v) is 12.0. The van der Waals surface area contributed by atoms with Gasteiger partial charge in [0.2, 0.25) is 11.0 Å². The zero-order valence-electron chi connectivity index (χ0n) is 16.8. The topological polar surface area (TPSA) is 76.6 Å². The van der Waals surface area contributed by atoms with Crippen molar-refractivity contribution in [3.05, 3.63) is 54.1 Å². The Morgan fingerprint density at radius 1 is 1.13 bits per heavy atom. The fraction of sp³-hybridized carbons (Fsp3) is 0.318. The van der Waals surface area contributed by atoms with Crippen molar-refractivity contribution in [2.45, 2.75) is 23.2 Å². The average Bonchev–Trinajstić information content (AvgIpc) is 3.48. The molecule has 2 aliphatic rings. The van der Waals surface area contributed by atoms with Crippen LogP contribution in [-0.4, -0.2) is 46.5 Å². The molecule has 1 N–H and O–H groups in total. The molecule has 1 saturated heterocycles. The van der Waals surface area contributed by atoms with Gasteiger partial charge in [-0.25, -0.2) is 0 Å². The molecule has 7 nitrogen and oxygen atoms in total. The number of ether oxygens (including phenoxy) is 2. The SMILES string of the molecule is O=C(CSc1nnc(Nc2ccccc2)s1)N1CCC[C@H]1c1ccc2c(c1)OCCO2. The van der Waals surface area contributed by atoms with Crippen LogP contribution in [0, 0.1) is 0 Å². The van der Waals surface area contributed by atoms with E-state index in [1.807, 2.05) is 53.4 Å². The number of anilines is 2. The molecule has 1 atom stereocenters. The number of nitrogens with zero attached hydrogens (tertiary/aromatic N) is 3. The van der Waals surface area contributed by atoms with E-state index in [-0.39, 0.29) is 11.9 Å². The molecule has 2 aromatic carbocycles. The van der Waals surface area contributed by atoms with Crippen LogP contribution in [0.15, 0.2) is 52.9 Å². The van der Waals surface area contributed by atoms with E-state index in [1.165, 1.54) is 23.1 Å². The van der Waals surface area contributed by atoms with Crippen molar-refractivity contribution >= 4 is 39.8 Å². The van der Waals surface area contributed by atoms with E-state index >= 15 is 0 Å². The number of nitrogens with one attached hydrogen (secondary N) is 1. The third-order valence-corrected chi connectivity index (χ3v) is 7.23. The number of likely N-dealkylation sites (tertiary alicyclic amines) is 1. The van der Waals surface area contributed by atoms with Crippen molar-refractivity contribution in [1.29, 1.82) is 0 Å². The van der Waals surface area contributed by atoms with E-state index in [2.05, 4.69) is 15.5 Å². The quantitative estimate of drug-likeness (QED) is 0.549. The number of benzene rings is 2. The second-order valence-electron chi connectivity index (χ2n) is 7.30. The Bertz CT molecular complexity index is 1060. The fourth-order valence-electron chi connectivity index (χ4n) is 3.85. The summed E-state index contributed by atoms with van der Waals surface area (Å²) in [5.74, 6) is 2.01. The van der Waals surface area contributed by atoms with Gasteiger partial charge in [0, 0.05) is 12.2 Å². The van der Waals surface area contributed by atoms with Gasteiger partial charge in [0.15, 0.2) is 15.8 Å². The highest BCUT2D eigenvalue weighted by Gasteiger charge is 2.31. The smallest absolute Gasteiger partial charge is 0.233 e. The zero-order valence-corrected chi connectivity index (χ0v) is 18.5. The van der Waals surface area contributed by atoms with E-state index in [0.29, 0.717) is 19.0 Å². The summed E-state index contributed by atoms with van der Waals surface area (Å²) in [4.78, 5) is 15.0. The maximum absolute atomic E-state index is 13.0. The predicted octanol–water partition coefficient (Wildman–Crippen LogP) is 4.51. The molecule has 0 spiro atoms. The Balaban J connectivity index is 1.20. The lowest BCUT2D eigenvalue weighted by Gasteiger charge is -2.26. The summed E-state index contributed by atoms with van der Waals surface area (Å²) in [6.07, 6.45) is 1.96.